The van der Waals surface area contributed by atoms with E-state index in [9.17, 15) is 4.79 Å². The summed E-state index contributed by atoms with van der Waals surface area (Å²) in [7, 11) is 0. The van der Waals surface area contributed by atoms with Gasteiger partial charge in [0.1, 0.15) is 0 Å². The van der Waals surface area contributed by atoms with Gasteiger partial charge < -0.3 is 4.74 Å². The van der Waals surface area contributed by atoms with Gasteiger partial charge in [0.15, 0.2) is 0 Å². The Bertz CT molecular complexity index is 139. The van der Waals surface area contributed by atoms with Gasteiger partial charge in [0.25, 0.3) is 0 Å². The molecule has 0 aliphatic carbocycles. The minimum absolute atomic E-state index is 0.0472. The van der Waals surface area contributed by atoms with E-state index in [4.69, 9.17) is 0 Å². The van der Waals surface area contributed by atoms with E-state index < -0.39 is 0 Å². The van der Waals surface area contributed by atoms with Crippen LogP contribution in [0.4, 0.5) is 0 Å². The monoisotopic (exact) mass is 171 g/mol. The number of carbonyl (C=O) groups excluding carboxylic acids is 1. The van der Waals surface area contributed by atoms with Gasteiger partial charge in [-0.2, -0.15) is 0 Å². The Kier molecular flexibility index (Phi) is 4.29. The standard InChI is InChI=1S/C10H19O2/c1-8(2)9(3)10(4,5)6-12-7-11/h8-9H,6H2,1-5H3. The van der Waals surface area contributed by atoms with Crippen molar-refractivity contribution in [2.75, 3.05) is 6.61 Å². The van der Waals surface area contributed by atoms with Gasteiger partial charge in [-0.1, -0.05) is 34.6 Å². The summed E-state index contributed by atoms with van der Waals surface area (Å²) in [5.41, 5.74) is 0.0472. The highest BCUT2D eigenvalue weighted by Gasteiger charge is 2.28. The van der Waals surface area contributed by atoms with Crippen molar-refractivity contribution < 1.29 is 9.53 Å². The molecule has 0 N–H and O–H groups in total. The highest BCUT2D eigenvalue weighted by Crippen LogP contribution is 2.32. The lowest BCUT2D eigenvalue weighted by Gasteiger charge is -2.33. The Morgan fingerprint density at radius 2 is 1.83 bits per heavy atom. The van der Waals surface area contributed by atoms with E-state index in [1.165, 1.54) is 6.47 Å². The Balaban J connectivity index is 4.07. The first-order chi connectivity index (χ1) is 5.41. The molecule has 1 atom stereocenters. The van der Waals surface area contributed by atoms with Crippen LogP contribution < -0.4 is 0 Å². The second-order valence-corrected chi connectivity index (χ2v) is 4.39. The molecule has 0 saturated carbocycles. The summed E-state index contributed by atoms with van der Waals surface area (Å²) < 4.78 is 4.66. The third kappa shape index (κ3) is 3.24. The Morgan fingerprint density at radius 3 is 2.17 bits per heavy atom. The summed E-state index contributed by atoms with van der Waals surface area (Å²) in [5.74, 6) is 1.14. The smallest absolute Gasteiger partial charge is 0.417 e. The molecule has 0 heterocycles. The third-order valence-corrected chi connectivity index (χ3v) is 2.74. The Labute approximate surface area is 75.3 Å². The van der Waals surface area contributed by atoms with Gasteiger partial charge in [0.2, 0.25) is 0 Å². The maximum Gasteiger partial charge on any atom is 0.417 e. The molecule has 0 rings (SSSR count). The molecule has 0 fully saturated rings. The maximum atomic E-state index is 9.90. The largest absolute Gasteiger partial charge is 0.457 e. The van der Waals surface area contributed by atoms with Crippen LogP contribution in [0.15, 0.2) is 0 Å². The zero-order valence-corrected chi connectivity index (χ0v) is 8.68. The van der Waals surface area contributed by atoms with Gasteiger partial charge in [0.05, 0.1) is 6.61 Å². The molecular formula is C10H19O2. The molecule has 0 aliphatic heterocycles. The molecule has 1 radical (unpaired) electrons. The molecule has 2 nitrogen and oxygen atoms in total. The summed E-state index contributed by atoms with van der Waals surface area (Å²) in [6.07, 6.45) is 0. The number of ether oxygens (including phenoxy) is 1. The van der Waals surface area contributed by atoms with E-state index in [1.807, 2.05) is 0 Å². The van der Waals surface area contributed by atoms with Crippen LogP contribution in [0.5, 0.6) is 0 Å². The van der Waals surface area contributed by atoms with Crippen molar-refractivity contribution in [3.8, 4) is 0 Å². The maximum absolute atomic E-state index is 9.90. The number of rotatable bonds is 5. The summed E-state index contributed by atoms with van der Waals surface area (Å²) in [6, 6.07) is 0. The van der Waals surface area contributed by atoms with Crippen molar-refractivity contribution in [3.05, 3.63) is 0 Å². The van der Waals surface area contributed by atoms with Crippen molar-refractivity contribution in [2.45, 2.75) is 34.6 Å². The van der Waals surface area contributed by atoms with E-state index in [0.29, 0.717) is 18.4 Å². The fourth-order valence-corrected chi connectivity index (χ4v) is 1.25. The van der Waals surface area contributed by atoms with E-state index in [2.05, 4.69) is 39.4 Å². The van der Waals surface area contributed by atoms with Gasteiger partial charge in [-0.15, -0.1) is 0 Å². The van der Waals surface area contributed by atoms with E-state index in [-0.39, 0.29) is 5.41 Å². The molecule has 0 aromatic rings. The Hall–Kier alpha value is -0.530. The minimum atomic E-state index is 0.0472. The Morgan fingerprint density at radius 1 is 1.33 bits per heavy atom. The zero-order chi connectivity index (χ0) is 9.78. The van der Waals surface area contributed by atoms with Crippen LogP contribution in [0.1, 0.15) is 34.6 Å². The first-order valence-corrected chi connectivity index (χ1v) is 4.40. The average molecular weight is 171 g/mol. The predicted octanol–water partition coefficient (Wildman–Crippen LogP) is 2.39. The van der Waals surface area contributed by atoms with Gasteiger partial charge in [-0.25, -0.2) is 4.79 Å². The van der Waals surface area contributed by atoms with E-state index in [0.717, 1.165) is 0 Å². The quantitative estimate of drug-likeness (QED) is 0.635. The molecule has 71 valence electrons. The van der Waals surface area contributed by atoms with E-state index in [1.54, 1.807) is 0 Å². The molecule has 0 aliphatic rings. The second kappa shape index (κ2) is 4.48. The molecule has 0 bridgehead atoms. The summed E-state index contributed by atoms with van der Waals surface area (Å²) in [6.45, 7) is 12.7. The number of hydrogen-bond donors (Lipinski definition) is 0. The van der Waals surface area contributed by atoms with Crippen molar-refractivity contribution in [1.82, 2.24) is 0 Å². The molecular weight excluding hydrogens is 152 g/mol. The van der Waals surface area contributed by atoms with Crippen LogP contribution in [0.2, 0.25) is 0 Å². The molecule has 2 heteroatoms. The van der Waals surface area contributed by atoms with Crippen molar-refractivity contribution in [2.24, 2.45) is 17.3 Å². The zero-order valence-electron chi connectivity index (χ0n) is 8.68. The van der Waals surface area contributed by atoms with Gasteiger partial charge >= 0.3 is 6.47 Å². The summed E-state index contributed by atoms with van der Waals surface area (Å²) >= 11 is 0. The topological polar surface area (TPSA) is 26.3 Å². The SMILES string of the molecule is CC(C)C(C)C(C)(C)CO[C]=O. The number of hydrogen-bond acceptors (Lipinski definition) is 2. The van der Waals surface area contributed by atoms with Crippen LogP contribution in [0, 0.1) is 17.3 Å². The highest BCUT2D eigenvalue weighted by molar-refractivity contribution is 5.38. The summed E-state index contributed by atoms with van der Waals surface area (Å²) in [4.78, 5) is 9.90. The van der Waals surface area contributed by atoms with Gasteiger partial charge in [-0.3, -0.25) is 0 Å². The van der Waals surface area contributed by atoms with Crippen LogP contribution >= 0.6 is 0 Å². The fraction of sp³-hybridized carbons (Fsp3) is 0.900. The van der Waals surface area contributed by atoms with Crippen LogP contribution in [0.3, 0.4) is 0 Å². The lowest BCUT2D eigenvalue weighted by atomic mass is 9.75. The molecule has 0 spiro atoms. The normalized spacial score (nSPS) is 14.5. The van der Waals surface area contributed by atoms with E-state index >= 15 is 0 Å². The lowest BCUT2D eigenvalue weighted by molar-refractivity contribution is 0.0846. The van der Waals surface area contributed by atoms with Crippen molar-refractivity contribution >= 4 is 6.47 Å². The average Bonchev–Trinajstić information content (AvgIpc) is 1.99. The molecule has 0 amide bonds. The van der Waals surface area contributed by atoms with Crippen LogP contribution in [-0.2, 0) is 9.53 Å². The first kappa shape index (κ1) is 11.5. The van der Waals surface area contributed by atoms with Gasteiger partial charge in [-0.05, 0) is 11.8 Å². The second-order valence-electron chi connectivity index (χ2n) is 4.39. The third-order valence-electron chi connectivity index (χ3n) is 2.74. The molecule has 0 aromatic heterocycles. The minimum Gasteiger partial charge on any atom is -0.457 e. The van der Waals surface area contributed by atoms with Crippen LogP contribution in [0.25, 0.3) is 0 Å². The van der Waals surface area contributed by atoms with Gasteiger partial charge in [0, 0.05) is 5.41 Å². The molecule has 0 saturated heterocycles. The lowest BCUT2D eigenvalue weighted by Crippen LogP contribution is -2.30. The molecule has 1 unspecified atom stereocenters. The predicted molar refractivity (Wildman–Crippen MR) is 49.4 cm³/mol. The first-order valence-electron chi connectivity index (χ1n) is 4.40. The van der Waals surface area contributed by atoms with Crippen molar-refractivity contribution in [3.63, 3.8) is 0 Å². The van der Waals surface area contributed by atoms with Crippen LogP contribution in [-0.4, -0.2) is 13.1 Å². The fourth-order valence-electron chi connectivity index (χ4n) is 1.25. The summed E-state index contributed by atoms with van der Waals surface area (Å²) in [5, 5.41) is 0. The molecule has 0 aromatic carbocycles. The van der Waals surface area contributed by atoms with Crippen molar-refractivity contribution in [1.29, 1.82) is 0 Å². The highest BCUT2D eigenvalue weighted by atomic mass is 16.5. The molecule has 12 heavy (non-hydrogen) atoms.